The second kappa shape index (κ2) is 8.88. The Morgan fingerprint density at radius 1 is 0.750 bits per heavy atom. The minimum absolute atomic E-state index is 0.314. The lowest BCUT2D eigenvalue weighted by atomic mass is 9.72. The van der Waals surface area contributed by atoms with Gasteiger partial charge in [-0.05, 0) is 74.6 Å². The molecule has 0 N–H and O–H groups in total. The average molecular weight is 437 g/mol. The standard InChI is InChI=1S/C28H36O4/c1-19(2)21-15-14-20(3)18-28(21)31-24-12-8-10-22-26(24)27-23(11-9-13-25(27)32-28)30-17-7-5-4-6-16-29-22/h8-13,19-21H,4-7,14-18H2,1-3H3/t20-,21-/m1/s1. The van der Waals surface area contributed by atoms with Crippen LogP contribution in [-0.4, -0.2) is 19.0 Å². The predicted octanol–water partition coefficient (Wildman–Crippen LogP) is 7.24. The van der Waals surface area contributed by atoms with E-state index in [1.165, 1.54) is 6.42 Å². The molecule has 32 heavy (non-hydrogen) atoms. The molecule has 0 unspecified atom stereocenters. The largest absolute Gasteiger partial charge is 0.493 e. The van der Waals surface area contributed by atoms with Gasteiger partial charge in [-0.3, -0.25) is 0 Å². The molecule has 172 valence electrons. The third-order valence-electron chi connectivity index (χ3n) is 7.32. The highest BCUT2D eigenvalue weighted by molar-refractivity contribution is 5.86. The van der Waals surface area contributed by atoms with Crippen LogP contribution in [0.2, 0.25) is 0 Å². The lowest BCUT2D eigenvalue weighted by molar-refractivity contribution is -0.194. The van der Waals surface area contributed by atoms with Crippen molar-refractivity contribution in [3.05, 3.63) is 36.4 Å². The minimum atomic E-state index is -0.683. The van der Waals surface area contributed by atoms with E-state index in [2.05, 4.69) is 45.0 Å². The first-order valence-corrected chi connectivity index (χ1v) is 12.5. The van der Waals surface area contributed by atoms with Gasteiger partial charge in [-0.15, -0.1) is 0 Å². The lowest BCUT2D eigenvalue weighted by Crippen LogP contribution is -2.54. The highest BCUT2D eigenvalue weighted by Gasteiger charge is 2.51. The average Bonchev–Trinajstić information content (AvgIpc) is 2.88. The SMILES string of the molecule is CC(C)[C@H]1CC[C@@H](C)CC12Oc1cccc3c1-c1c(cccc1O2)OCCCCCCO3. The molecule has 2 aromatic rings. The summed E-state index contributed by atoms with van der Waals surface area (Å²) < 4.78 is 26.5. The summed E-state index contributed by atoms with van der Waals surface area (Å²) in [4.78, 5) is 0. The molecule has 0 amide bonds. The van der Waals surface area contributed by atoms with Gasteiger partial charge in [-0.1, -0.05) is 32.9 Å². The Morgan fingerprint density at radius 3 is 1.81 bits per heavy atom. The Balaban J connectivity index is 1.71. The van der Waals surface area contributed by atoms with Crippen molar-refractivity contribution < 1.29 is 18.9 Å². The molecule has 2 atom stereocenters. The molecule has 1 fully saturated rings. The maximum absolute atomic E-state index is 6.95. The van der Waals surface area contributed by atoms with Crippen LogP contribution in [-0.2, 0) is 0 Å². The Bertz CT molecular complexity index is 889. The Hall–Kier alpha value is -2.36. The molecule has 1 aliphatic carbocycles. The molecule has 4 heteroatoms. The van der Waals surface area contributed by atoms with Gasteiger partial charge in [-0.25, -0.2) is 0 Å². The number of hydrogen-bond donors (Lipinski definition) is 0. The van der Waals surface area contributed by atoms with Gasteiger partial charge >= 0.3 is 0 Å². The molecule has 2 aliphatic heterocycles. The van der Waals surface area contributed by atoms with Crippen molar-refractivity contribution in [3.63, 3.8) is 0 Å². The second-order valence-electron chi connectivity index (χ2n) is 10.1. The van der Waals surface area contributed by atoms with Crippen LogP contribution < -0.4 is 18.9 Å². The predicted molar refractivity (Wildman–Crippen MR) is 127 cm³/mol. The van der Waals surface area contributed by atoms with E-state index in [1.54, 1.807) is 0 Å². The Kier molecular flexibility index (Phi) is 5.96. The molecule has 0 radical (unpaired) electrons. The molecule has 2 heterocycles. The van der Waals surface area contributed by atoms with Gasteiger partial charge in [0.15, 0.2) is 0 Å². The molecule has 0 saturated heterocycles. The first-order valence-electron chi connectivity index (χ1n) is 12.5. The van der Waals surface area contributed by atoms with Gasteiger partial charge in [0.2, 0.25) is 0 Å². The third-order valence-corrected chi connectivity index (χ3v) is 7.32. The first-order chi connectivity index (χ1) is 15.6. The van der Waals surface area contributed by atoms with E-state index >= 15 is 0 Å². The highest BCUT2D eigenvalue weighted by Crippen LogP contribution is 2.55. The zero-order valence-electron chi connectivity index (χ0n) is 19.7. The normalized spacial score (nSPS) is 24.5. The molecule has 3 aliphatic rings. The van der Waals surface area contributed by atoms with Crippen LogP contribution in [0.3, 0.4) is 0 Å². The second-order valence-corrected chi connectivity index (χ2v) is 10.1. The Labute approximate surface area is 192 Å². The first kappa shape index (κ1) is 21.5. The van der Waals surface area contributed by atoms with Crippen molar-refractivity contribution in [1.82, 2.24) is 0 Å². The number of hydrogen-bond acceptors (Lipinski definition) is 4. The zero-order chi connectivity index (χ0) is 22.1. The molecule has 2 aromatic carbocycles. The van der Waals surface area contributed by atoms with Crippen molar-refractivity contribution >= 4 is 0 Å². The molecule has 1 saturated carbocycles. The molecular weight excluding hydrogens is 400 g/mol. The molecular formula is C28H36O4. The highest BCUT2D eigenvalue weighted by atomic mass is 16.7. The van der Waals surface area contributed by atoms with E-state index in [0.717, 1.165) is 72.6 Å². The van der Waals surface area contributed by atoms with Crippen molar-refractivity contribution in [1.29, 1.82) is 0 Å². The number of ether oxygens (including phenoxy) is 4. The number of rotatable bonds is 1. The summed E-state index contributed by atoms with van der Waals surface area (Å²) in [6, 6.07) is 12.3. The smallest absolute Gasteiger partial charge is 0.254 e. The quantitative estimate of drug-likeness (QED) is 0.472. The minimum Gasteiger partial charge on any atom is -0.493 e. The van der Waals surface area contributed by atoms with Gasteiger partial charge in [0.25, 0.3) is 5.79 Å². The summed E-state index contributed by atoms with van der Waals surface area (Å²) in [6.45, 7) is 8.32. The van der Waals surface area contributed by atoms with Crippen molar-refractivity contribution in [2.45, 2.75) is 71.5 Å². The van der Waals surface area contributed by atoms with E-state index in [0.29, 0.717) is 31.0 Å². The van der Waals surface area contributed by atoms with E-state index in [4.69, 9.17) is 18.9 Å². The molecule has 1 spiro atoms. The van der Waals surface area contributed by atoms with Gasteiger partial charge in [0, 0.05) is 12.3 Å². The summed E-state index contributed by atoms with van der Waals surface area (Å²) in [7, 11) is 0. The summed E-state index contributed by atoms with van der Waals surface area (Å²) >= 11 is 0. The van der Waals surface area contributed by atoms with E-state index in [-0.39, 0.29) is 0 Å². The molecule has 0 bridgehead atoms. The van der Waals surface area contributed by atoms with Crippen LogP contribution in [0.4, 0.5) is 0 Å². The van der Waals surface area contributed by atoms with Gasteiger partial charge in [0.1, 0.15) is 23.0 Å². The summed E-state index contributed by atoms with van der Waals surface area (Å²) in [5.41, 5.74) is 1.94. The summed E-state index contributed by atoms with van der Waals surface area (Å²) in [5.74, 6) is 4.02. The van der Waals surface area contributed by atoms with Crippen LogP contribution in [0.1, 0.15) is 65.7 Å². The fraction of sp³-hybridized carbons (Fsp3) is 0.571. The molecule has 5 rings (SSSR count). The fourth-order valence-corrected chi connectivity index (χ4v) is 5.74. The third kappa shape index (κ3) is 3.93. The van der Waals surface area contributed by atoms with Crippen LogP contribution in [0.5, 0.6) is 23.0 Å². The summed E-state index contributed by atoms with van der Waals surface area (Å²) in [6.07, 6.45) is 7.60. The topological polar surface area (TPSA) is 36.9 Å². The zero-order valence-corrected chi connectivity index (χ0v) is 19.7. The van der Waals surface area contributed by atoms with E-state index in [9.17, 15) is 0 Å². The van der Waals surface area contributed by atoms with Gasteiger partial charge in [-0.2, -0.15) is 0 Å². The van der Waals surface area contributed by atoms with Gasteiger partial charge in [0.05, 0.1) is 24.3 Å². The van der Waals surface area contributed by atoms with E-state index in [1.807, 2.05) is 12.1 Å². The monoisotopic (exact) mass is 436 g/mol. The van der Waals surface area contributed by atoms with Crippen LogP contribution in [0.15, 0.2) is 36.4 Å². The lowest BCUT2D eigenvalue weighted by Gasteiger charge is -2.46. The summed E-state index contributed by atoms with van der Waals surface area (Å²) in [5, 5.41) is 0. The fourth-order valence-electron chi connectivity index (χ4n) is 5.74. The molecule has 4 nitrogen and oxygen atoms in total. The van der Waals surface area contributed by atoms with Crippen molar-refractivity contribution in [2.75, 3.05) is 13.2 Å². The van der Waals surface area contributed by atoms with Crippen LogP contribution in [0, 0.1) is 17.8 Å². The van der Waals surface area contributed by atoms with Crippen LogP contribution >= 0.6 is 0 Å². The maximum atomic E-state index is 6.95. The number of benzene rings is 2. The van der Waals surface area contributed by atoms with E-state index < -0.39 is 5.79 Å². The maximum Gasteiger partial charge on any atom is 0.254 e. The van der Waals surface area contributed by atoms with Gasteiger partial charge < -0.3 is 18.9 Å². The van der Waals surface area contributed by atoms with Crippen LogP contribution in [0.25, 0.3) is 11.1 Å². The van der Waals surface area contributed by atoms with Crippen molar-refractivity contribution in [3.8, 4) is 34.1 Å². The Morgan fingerprint density at radius 2 is 1.28 bits per heavy atom. The molecule has 0 aromatic heterocycles. The van der Waals surface area contributed by atoms with Crippen molar-refractivity contribution in [2.24, 2.45) is 17.8 Å².